The van der Waals surface area contributed by atoms with E-state index in [1.165, 1.54) is 18.2 Å². The number of piperazine rings is 1. The molecule has 0 spiro atoms. The van der Waals surface area contributed by atoms with Crippen molar-refractivity contribution in [2.24, 2.45) is 5.92 Å². The molecule has 0 bridgehead atoms. The quantitative estimate of drug-likeness (QED) is 0.632. The van der Waals surface area contributed by atoms with Crippen LogP contribution in [0.4, 0.5) is 0 Å². The molecule has 1 aliphatic rings. The number of ether oxygens (including phenoxy) is 2. The minimum absolute atomic E-state index is 0.130. The Morgan fingerprint density at radius 1 is 1.10 bits per heavy atom. The third-order valence-electron chi connectivity index (χ3n) is 5.19. The molecule has 1 fully saturated rings. The van der Waals surface area contributed by atoms with Crippen LogP contribution in [0.1, 0.15) is 31.4 Å². The summed E-state index contributed by atoms with van der Waals surface area (Å²) in [6.45, 7) is 10.7. The largest absolute Gasteiger partial charge is 0.496 e. The second-order valence-electron chi connectivity index (χ2n) is 8.14. The lowest BCUT2D eigenvalue weighted by atomic mass is 10.0. The van der Waals surface area contributed by atoms with Crippen LogP contribution >= 0.6 is 0 Å². The minimum atomic E-state index is -0.581. The van der Waals surface area contributed by atoms with Crippen LogP contribution in [0.25, 0.3) is 0 Å². The van der Waals surface area contributed by atoms with E-state index >= 15 is 0 Å². The van der Waals surface area contributed by atoms with E-state index in [9.17, 15) is 9.59 Å². The second kappa shape index (κ2) is 11.2. The fourth-order valence-electron chi connectivity index (χ4n) is 3.65. The standard InChI is InChI=1S/C22H35N3O4/c1-16(2)12-19(22(27)29-5)23-21(26)15-25-10-8-24(9-11-25)14-18-13-17(3)6-7-20(18)28-4/h6-7,13,16,19H,8-12,14-15H2,1-5H3,(H,23,26)/t19-/m0/s1. The summed E-state index contributed by atoms with van der Waals surface area (Å²) >= 11 is 0. The van der Waals surface area contributed by atoms with Gasteiger partial charge in [0.05, 0.1) is 20.8 Å². The maximum absolute atomic E-state index is 12.4. The number of carbonyl (C=O) groups is 2. The lowest BCUT2D eigenvalue weighted by Crippen LogP contribution is -2.51. The van der Waals surface area contributed by atoms with Gasteiger partial charge < -0.3 is 14.8 Å². The molecule has 0 radical (unpaired) electrons. The van der Waals surface area contributed by atoms with Gasteiger partial charge in [-0.1, -0.05) is 31.5 Å². The highest BCUT2D eigenvalue weighted by molar-refractivity contribution is 5.85. The number of rotatable bonds is 9. The summed E-state index contributed by atoms with van der Waals surface area (Å²) in [4.78, 5) is 28.8. The van der Waals surface area contributed by atoms with Crippen molar-refractivity contribution in [3.05, 3.63) is 29.3 Å². The summed E-state index contributed by atoms with van der Waals surface area (Å²) in [6, 6.07) is 5.66. The predicted octanol–water partition coefficient (Wildman–Crippen LogP) is 1.83. The van der Waals surface area contributed by atoms with Crippen molar-refractivity contribution < 1.29 is 19.1 Å². The number of hydrogen-bond donors (Lipinski definition) is 1. The zero-order valence-corrected chi connectivity index (χ0v) is 18.4. The summed E-state index contributed by atoms with van der Waals surface area (Å²) < 4.78 is 10.3. The van der Waals surface area contributed by atoms with Crippen molar-refractivity contribution in [1.82, 2.24) is 15.1 Å². The third-order valence-corrected chi connectivity index (χ3v) is 5.19. The number of amides is 1. The summed E-state index contributed by atoms with van der Waals surface area (Å²) in [7, 11) is 3.05. The van der Waals surface area contributed by atoms with Gasteiger partial charge in [0.15, 0.2) is 0 Å². The third kappa shape index (κ3) is 7.33. The van der Waals surface area contributed by atoms with Crippen LogP contribution in [0.5, 0.6) is 5.75 Å². The van der Waals surface area contributed by atoms with Gasteiger partial charge in [-0.2, -0.15) is 0 Å². The number of aryl methyl sites for hydroxylation is 1. The van der Waals surface area contributed by atoms with Crippen molar-refractivity contribution in [3.8, 4) is 5.75 Å². The van der Waals surface area contributed by atoms with Crippen molar-refractivity contribution >= 4 is 11.9 Å². The molecule has 0 unspecified atom stereocenters. The molecule has 1 aromatic rings. The zero-order valence-electron chi connectivity index (χ0n) is 18.4. The van der Waals surface area contributed by atoms with Gasteiger partial charge in [-0.25, -0.2) is 4.79 Å². The molecular weight excluding hydrogens is 370 g/mol. The highest BCUT2D eigenvalue weighted by Crippen LogP contribution is 2.22. The van der Waals surface area contributed by atoms with E-state index in [0.717, 1.165) is 38.5 Å². The first-order valence-electron chi connectivity index (χ1n) is 10.3. The van der Waals surface area contributed by atoms with Crippen LogP contribution in [0.3, 0.4) is 0 Å². The molecule has 7 nitrogen and oxygen atoms in total. The highest BCUT2D eigenvalue weighted by atomic mass is 16.5. The van der Waals surface area contributed by atoms with E-state index in [-0.39, 0.29) is 11.9 Å². The van der Waals surface area contributed by atoms with Crippen LogP contribution in [0, 0.1) is 12.8 Å². The number of nitrogens with one attached hydrogen (secondary N) is 1. The molecule has 1 N–H and O–H groups in total. The Labute approximate surface area is 174 Å². The summed E-state index contributed by atoms with van der Waals surface area (Å²) in [5.74, 6) is 0.691. The molecule has 0 aromatic heterocycles. The van der Waals surface area contributed by atoms with E-state index in [1.807, 2.05) is 19.9 Å². The normalized spacial score (nSPS) is 16.5. The number of carbonyl (C=O) groups excluding carboxylic acids is 2. The molecule has 0 saturated carbocycles. The number of hydrogen-bond acceptors (Lipinski definition) is 6. The molecule has 162 valence electrons. The fraction of sp³-hybridized carbons (Fsp3) is 0.636. The fourth-order valence-corrected chi connectivity index (χ4v) is 3.65. The maximum Gasteiger partial charge on any atom is 0.328 e. The Hall–Kier alpha value is -2.12. The van der Waals surface area contributed by atoms with Crippen molar-refractivity contribution in [1.29, 1.82) is 0 Å². The molecule has 1 atom stereocenters. The number of esters is 1. The van der Waals surface area contributed by atoms with Crippen LogP contribution in [-0.4, -0.2) is 74.7 Å². The molecule has 1 saturated heterocycles. The van der Waals surface area contributed by atoms with Gasteiger partial charge in [0, 0.05) is 38.3 Å². The van der Waals surface area contributed by atoms with Crippen molar-refractivity contribution in [3.63, 3.8) is 0 Å². The van der Waals surface area contributed by atoms with Gasteiger partial charge >= 0.3 is 5.97 Å². The SMILES string of the molecule is COC(=O)[C@H](CC(C)C)NC(=O)CN1CCN(Cc2cc(C)ccc2OC)CC1. The Balaban J connectivity index is 1.82. The van der Waals surface area contributed by atoms with Gasteiger partial charge in [-0.05, 0) is 25.3 Å². The van der Waals surface area contributed by atoms with Crippen LogP contribution in [0.2, 0.25) is 0 Å². The molecule has 1 aliphatic heterocycles. The van der Waals surface area contributed by atoms with Crippen molar-refractivity contribution in [2.75, 3.05) is 46.9 Å². The predicted molar refractivity (Wildman–Crippen MR) is 113 cm³/mol. The molecule has 29 heavy (non-hydrogen) atoms. The molecule has 2 rings (SSSR count). The second-order valence-corrected chi connectivity index (χ2v) is 8.14. The zero-order chi connectivity index (χ0) is 21.4. The highest BCUT2D eigenvalue weighted by Gasteiger charge is 2.25. The van der Waals surface area contributed by atoms with E-state index in [1.54, 1.807) is 7.11 Å². The lowest BCUT2D eigenvalue weighted by molar-refractivity contribution is -0.145. The molecule has 1 aromatic carbocycles. The average Bonchev–Trinajstić information content (AvgIpc) is 2.68. The molecule has 7 heteroatoms. The van der Waals surface area contributed by atoms with Crippen molar-refractivity contribution in [2.45, 2.75) is 39.8 Å². The van der Waals surface area contributed by atoms with E-state index in [4.69, 9.17) is 9.47 Å². The van der Waals surface area contributed by atoms with Gasteiger partial charge in [-0.3, -0.25) is 14.6 Å². The van der Waals surface area contributed by atoms with Gasteiger partial charge in [0.25, 0.3) is 0 Å². The van der Waals surface area contributed by atoms with Gasteiger partial charge in [0.2, 0.25) is 5.91 Å². The topological polar surface area (TPSA) is 71.1 Å². The van der Waals surface area contributed by atoms with Crippen LogP contribution < -0.4 is 10.1 Å². The Bertz CT molecular complexity index is 685. The Morgan fingerprint density at radius 2 is 1.76 bits per heavy atom. The Kier molecular flexibility index (Phi) is 8.92. The van der Waals surface area contributed by atoms with Crippen LogP contribution in [0.15, 0.2) is 18.2 Å². The first-order valence-corrected chi connectivity index (χ1v) is 10.3. The maximum atomic E-state index is 12.4. The first kappa shape index (κ1) is 23.2. The molecule has 1 heterocycles. The number of methoxy groups -OCH3 is 2. The van der Waals surface area contributed by atoms with Gasteiger partial charge in [-0.15, -0.1) is 0 Å². The molecule has 1 amide bonds. The smallest absolute Gasteiger partial charge is 0.328 e. The minimum Gasteiger partial charge on any atom is -0.496 e. The van der Waals surface area contributed by atoms with Gasteiger partial charge in [0.1, 0.15) is 11.8 Å². The Morgan fingerprint density at radius 3 is 2.34 bits per heavy atom. The summed E-state index contributed by atoms with van der Waals surface area (Å²) in [5, 5.41) is 2.83. The lowest BCUT2D eigenvalue weighted by Gasteiger charge is -2.34. The average molecular weight is 406 g/mol. The van der Waals surface area contributed by atoms with Crippen LogP contribution in [-0.2, 0) is 20.9 Å². The number of nitrogens with zero attached hydrogens (tertiary/aromatic N) is 2. The monoisotopic (exact) mass is 405 g/mol. The first-order chi connectivity index (χ1) is 13.8. The van der Waals surface area contributed by atoms with E-state index in [0.29, 0.717) is 18.9 Å². The van der Waals surface area contributed by atoms with E-state index < -0.39 is 6.04 Å². The molecular formula is C22H35N3O4. The summed E-state index contributed by atoms with van der Waals surface area (Å²) in [6.07, 6.45) is 0.574. The number of benzene rings is 1. The van der Waals surface area contributed by atoms with E-state index in [2.05, 4.69) is 34.2 Å². The molecule has 0 aliphatic carbocycles. The summed E-state index contributed by atoms with van der Waals surface area (Å²) in [5.41, 5.74) is 2.41.